The van der Waals surface area contributed by atoms with E-state index in [-0.39, 0.29) is 17.7 Å². The zero-order valence-corrected chi connectivity index (χ0v) is 16.8. The van der Waals surface area contributed by atoms with Crippen LogP contribution in [0.2, 0.25) is 0 Å². The predicted octanol–water partition coefficient (Wildman–Crippen LogP) is 3.16. The Bertz CT molecular complexity index is 792. The number of benzene rings is 2. The minimum absolute atomic E-state index is 0.00887. The molecule has 2 atom stereocenters. The summed E-state index contributed by atoms with van der Waals surface area (Å²) in [6.07, 6.45) is 0.763. The van der Waals surface area contributed by atoms with Gasteiger partial charge in [0.05, 0.1) is 14.2 Å². The molecule has 150 valence electrons. The predicted molar refractivity (Wildman–Crippen MR) is 109 cm³/mol. The van der Waals surface area contributed by atoms with E-state index in [2.05, 4.69) is 10.6 Å². The molecule has 0 saturated carbocycles. The molecule has 28 heavy (non-hydrogen) atoms. The largest absolute Gasteiger partial charge is 0.497 e. The highest BCUT2D eigenvalue weighted by Crippen LogP contribution is 2.24. The van der Waals surface area contributed by atoms with Crippen LogP contribution >= 0.6 is 0 Å². The van der Waals surface area contributed by atoms with E-state index in [9.17, 15) is 9.59 Å². The summed E-state index contributed by atoms with van der Waals surface area (Å²) in [5.74, 6) is 0.817. The number of amides is 2. The summed E-state index contributed by atoms with van der Waals surface area (Å²) in [5, 5.41) is 5.77. The van der Waals surface area contributed by atoms with Gasteiger partial charge in [0.2, 0.25) is 5.91 Å². The van der Waals surface area contributed by atoms with Crippen molar-refractivity contribution in [3.8, 4) is 11.5 Å². The first-order chi connectivity index (χ1) is 13.5. The average Bonchev–Trinajstić information content (AvgIpc) is 2.75. The lowest BCUT2D eigenvalue weighted by atomic mass is 9.97. The van der Waals surface area contributed by atoms with Crippen molar-refractivity contribution in [1.29, 1.82) is 0 Å². The molecule has 2 aromatic rings. The van der Waals surface area contributed by atoms with Crippen LogP contribution in [0.3, 0.4) is 0 Å². The Morgan fingerprint density at radius 1 is 1.04 bits per heavy atom. The van der Waals surface area contributed by atoms with Gasteiger partial charge in [0.15, 0.2) is 0 Å². The molecule has 2 rings (SSSR count). The normalized spacial score (nSPS) is 12.6. The number of hydrogen-bond donors (Lipinski definition) is 2. The van der Waals surface area contributed by atoms with Gasteiger partial charge in [0, 0.05) is 23.7 Å². The van der Waals surface area contributed by atoms with E-state index in [0.717, 1.165) is 12.0 Å². The lowest BCUT2D eigenvalue weighted by molar-refractivity contribution is -0.124. The summed E-state index contributed by atoms with van der Waals surface area (Å²) in [7, 11) is 3.16. The van der Waals surface area contributed by atoms with Crippen molar-refractivity contribution in [3.05, 3.63) is 59.7 Å². The van der Waals surface area contributed by atoms with E-state index in [4.69, 9.17) is 9.47 Å². The van der Waals surface area contributed by atoms with Gasteiger partial charge in [0.25, 0.3) is 5.91 Å². The van der Waals surface area contributed by atoms with Gasteiger partial charge >= 0.3 is 0 Å². The lowest BCUT2D eigenvalue weighted by Gasteiger charge is -2.24. The van der Waals surface area contributed by atoms with E-state index in [1.54, 1.807) is 44.6 Å². The van der Waals surface area contributed by atoms with Crippen molar-refractivity contribution in [2.45, 2.75) is 32.9 Å². The SMILES string of the molecule is CCC(C)C(NC(=O)c1ccccc1)C(=O)NCc1ccc(OC)cc1OC. The van der Waals surface area contributed by atoms with Crippen LogP contribution in [0, 0.1) is 5.92 Å². The van der Waals surface area contributed by atoms with Crippen molar-refractivity contribution in [1.82, 2.24) is 10.6 Å². The fourth-order valence-electron chi connectivity index (χ4n) is 2.81. The van der Waals surface area contributed by atoms with Crippen molar-refractivity contribution in [3.63, 3.8) is 0 Å². The smallest absolute Gasteiger partial charge is 0.251 e. The molecular formula is C22H28N2O4. The second-order valence-corrected chi connectivity index (χ2v) is 6.60. The quantitative estimate of drug-likeness (QED) is 0.696. The van der Waals surface area contributed by atoms with Gasteiger partial charge in [-0.2, -0.15) is 0 Å². The van der Waals surface area contributed by atoms with E-state index < -0.39 is 6.04 Å². The number of methoxy groups -OCH3 is 2. The Kier molecular flexibility index (Phi) is 7.87. The van der Waals surface area contributed by atoms with E-state index in [1.165, 1.54) is 0 Å². The van der Waals surface area contributed by atoms with Gasteiger partial charge in [-0.25, -0.2) is 0 Å². The summed E-state index contributed by atoms with van der Waals surface area (Å²) in [6, 6.07) is 13.7. The average molecular weight is 384 g/mol. The Morgan fingerprint density at radius 3 is 2.36 bits per heavy atom. The van der Waals surface area contributed by atoms with Crippen LogP contribution in [0.15, 0.2) is 48.5 Å². The highest BCUT2D eigenvalue weighted by molar-refractivity contribution is 5.97. The number of rotatable bonds is 9. The minimum Gasteiger partial charge on any atom is -0.497 e. The topological polar surface area (TPSA) is 76.7 Å². The van der Waals surface area contributed by atoms with Gasteiger partial charge in [-0.3, -0.25) is 9.59 Å². The maximum atomic E-state index is 12.8. The molecule has 0 spiro atoms. The number of carbonyl (C=O) groups is 2. The molecule has 2 amide bonds. The number of hydrogen-bond acceptors (Lipinski definition) is 4. The molecular weight excluding hydrogens is 356 g/mol. The summed E-state index contributed by atoms with van der Waals surface area (Å²) in [4.78, 5) is 25.3. The lowest BCUT2D eigenvalue weighted by Crippen LogP contribution is -2.50. The molecule has 2 N–H and O–H groups in total. The molecule has 2 aromatic carbocycles. The van der Waals surface area contributed by atoms with Crippen LogP contribution < -0.4 is 20.1 Å². The summed E-state index contributed by atoms with van der Waals surface area (Å²) in [6.45, 7) is 4.23. The molecule has 0 aromatic heterocycles. The zero-order valence-electron chi connectivity index (χ0n) is 16.8. The first-order valence-electron chi connectivity index (χ1n) is 9.34. The molecule has 0 aliphatic heterocycles. The molecule has 2 unspecified atom stereocenters. The van der Waals surface area contributed by atoms with E-state index >= 15 is 0 Å². The van der Waals surface area contributed by atoms with Crippen molar-refractivity contribution >= 4 is 11.8 Å². The molecule has 0 aliphatic rings. The third-order valence-corrected chi connectivity index (χ3v) is 4.77. The molecule has 0 radical (unpaired) electrons. The molecule has 6 nitrogen and oxygen atoms in total. The number of carbonyl (C=O) groups excluding carboxylic acids is 2. The molecule has 0 heterocycles. The van der Waals surface area contributed by atoms with Gasteiger partial charge < -0.3 is 20.1 Å². The van der Waals surface area contributed by atoms with Crippen LogP contribution in [0.25, 0.3) is 0 Å². The number of nitrogens with one attached hydrogen (secondary N) is 2. The first kappa shape index (κ1) is 21.3. The summed E-state index contributed by atoms with van der Waals surface area (Å²) in [5.41, 5.74) is 1.36. The second-order valence-electron chi connectivity index (χ2n) is 6.60. The van der Waals surface area contributed by atoms with Gasteiger partial charge in [-0.05, 0) is 30.2 Å². The molecule has 0 bridgehead atoms. The van der Waals surface area contributed by atoms with E-state index in [1.807, 2.05) is 32.0 Å². The number of ether oxygens (including phenoxy) is 2. The fraction of sp³-hybridized carbons (Fsp3) is 0.364. The Hall–Kier alpha value is -3.02. The highest BCUT2D eigenvalue weighted by Gasteiger charge is 2.26. The zero-order chi connectivity index (χ0) is 20.5. The monoisotopic (exact) mass is 384 g/mol. The molecule has 0 saturated heterocycles. The van der Waals surface area contributed by atoms with Crippen molar-refractivity contribution in [2.24, 2.45) is 5.92 Å². The molecule has 0 aliphatic carbocycles. The van der Waals surface area contributed by atoms with Crippen LogP contribution in [0.5, 0.6) is 11.5 Å². The molecule has 6 heteroatoms. The van der Waals surface area contributed by atoms with Crippen LogP contribution in [-0.4, -0.2) is 32.1 Å². The van der Waals surface area contributed by atoms with Gasteiger partial charge in [-0.15, -0.1) is 0 Å². The standard InChI is InChI=1S/C22H28N2O4/c1-5-15(2)20(24-21(25)16-9-7-6-8-10-16)22(26)23-14-17-11-12-18(27-3)13-19(17)28-4/h6-13,15,20H,5,14H2,1-4H3,(H,23,26)(H,24,25). The van der Waals surface area contributed by atoms with Crippen molar-refractivity contribution < 1.29 is 19.1 Å². The third kappa shape index (κ3) is 5.49. The maximum Gasteiger partial charge on any atom is 0.251 e. The maximum absolute atomic E-state index is 12.8. The Balaban J connectivity index is 2.08. The Morgan fingerprint density at radius 2 is 1.75 bits per heavy atom. The minimum atomic E-state index is -0.623. The fourth-order valence-corrected chi connectivity index (χ4v) is 2.81. The van der Waals surface area contributed by atoms with Gasteiger partial charge in [-0.1, -0.05) is 38.5 Å². The van der Waals surface area contributed by atoms with Crippen LogP contribution in [-0.2, 0) is 11.3 Å². The summed E-state index contributed by atoms with van der Waals surface area (Å²) >= 11 is 0. The molecule has 0 fully saturated rings. The van der Waals surface area contributed by atoms with E-state index in [0.29, 0.717) is 23.6 Å². The first-order valence-corrected chi connectivity index (χ1v) is 9.34. The van der Waals surface area contributed by atoms with Crippen LogP contribution in [0.4, 0.5) is 0 Å². The Labute approximate surface area is 166 Å². The van der Waals surface area contributed by atoms with Gasteiger partial charge in [0.1, 0.15) is 17.5 Å². The highest BCUT2D eigenvalue weighted by atomic mass is 16.5. The second kappa shape index (κ2) is 10.3. The van der Waals surface area contributed by atoms with Crippen LogP contribution in [0.1, 0.15) is 36.2 Å². The van der Waals surface area contributed by atoms with Crippen molar-refractivity contribution in [2.75, 3.05) is 14.2 Å². The summed E-state index contributed by atoms with van der Waals surface area (Å²) < 4.78 is 10.6. The third-order valence-electron chi connectivity index (χ3n) is 4.77.